The summed E-state index contributed by atoms with van der Waals surface area (Å²) in [6.07, 6.45) is 0. The zero-order valence-electron chi connectivity index (χ0n) is 7.94. The van der Waals surface area contributed by atoms with E-state index in [1.165, 1.54) is 0 Å². The van der Waals surface area contributed by atoms with Gasteiger partial charge in [-0.2, -0.15) is 0 Å². The minimum absolute atomic E-state index is 0. The summed E-state index contributed by atoms with van der Waals surface area (Å²) in [5, 5.41) is 1.59. The Morgan fingerprint density at radius 2 is 0.800 bits per heavy atom. The van der Waals surface area contributed by atoms with E-state index in [9.17, 15) is 0 Å². The predicted octanol–water partition coefficient (Wildman–Crippen LogP) is 4.68. The van der Waals surface area contributed by atoms with E-state index in [0.29, 0.717) is 0 Å². The predicted molar refractivity (Wildman–Crippen MR) is 62.9 cm³/mol. The summed E-state index contributed by atoms with van der Waals surface area (Å²) >= 11 is 11.1. The van der Waals surface area contributed by atoms with Gasteiger partial charge in [0.1, 0.15) is 0 Å². The molecule has 15 heavy (non-hydrogen) atoms. The zero-order chi connectivity index (χ0) is 10.2. The molecule has 0 heterocycles. The fourth-order valence-corrected chi connectivity index (χ4v) is 1.12. The maximum absolute atomic E-state index is 5.54. The minimum atomic E-state index is 0. The maximum Gasteiger partial charge on any atom is 0.0405 e. The molecule has 0 unspecified atom stereocenters. The molecule has 78 valence electrons. The molecule has 0 spiro atoms. The van der Waals surface area contributed by atoms with Crippen LogP contribution in [0, 0.1) is 0 Å². The van der Waals surface area contributed by atoms with Gasteiger partial charge in [-0.05, 0) is 24.3 Å². The Bertz CT molecular complexity index is 311. The van der Waals surface area contributed by atoms with E-state index >= 15 is 0 Å². The number of hydrogen-bond donors (Lipinski definition) is 0. The van der Waals surface area contributed by atoms with Crippen LogP contribution in [0.25, 0.3) is 0 Å². The Morgan fingerprint density at radius 3 is 0.933 bits per heavy atom. The second-order valence-electron chi connectivity index (χ2n) is 2.59. The van der Waals surface area contributed by atoms with Crippen LogP contribution in [0.2, 0.25) is 10.0 Å². The van der Waals surface area contributed by atoms with E-state index in [-0.39, 0.29) is 17.4 Å². The smallest absolute Gasteiger partial charge is 0.0405 e. The second-order valence-corrected chi connectivity index (χ2v) is 3.46. The number of halogens is 2. The summed E-state index contributed by atoms with van der Waals surface area (Å²) in [7, 11) is 0. The summed E-state index contributed by atoms with van der Waals surface area (Å²) < 4.78 is 0. The van der Waals surface area contributed by atoms with Crippen LogP contribution in [0.3, 0.4) is 0 Å². The molecule has 0 atom stereocenters. The fraction of sp³-hybridized carbons (Fsp3) is 0. The van der Waals surface area contributed by atoms with E-state index in [1.807, 2.05) is 60.7 Å². The fourth-order valence-electron chi connectivity index (χ4n) is 0.829. The molecule has 3 heteroatoms. The SMILES string of the molecule is Clc1ccccc1.Clc1ccccc1.[Cr]. The van der Waals surface area contributed by atoms with Crippen molar-refractivity contribution in [1.29, 1.82) is 0 Å². The van der Waals surface area contributed by atoms with Gasteiger partial charge in [-0.3, -0.25) is 0 Å². The van der Waals surface area contributed by atoms with Crippen LogP contribution in [0.15, 0.2) is 60.7 Å². The van der Waals surface area contributed by atoms with Crippen LogP contribution in [-0.4, -0.2) is 0 Å². The maximum atomic E-state index is 5.54. The first-order valence-electron chi connectivity index (χ1n) is 4.20. The molecule has 0 aliphatic heterocycles. The van der Waals surface area contributed by atoms with E-state index in [4.69, 9.17) is 23.2 Å². The molecule has 0 nitrogen and oxygen atoms in total. The monoisotopic (exact) mass is 276 g/mol. The first-order chi connectivity index (χ1) is 6.79. The third-order valence-electron chi connectivity index (χ3n) is 1.47. The van der Waals surface area contributed by atoms with Gasteiger partial charge in [0, 0.05) is 27.4 Å². The topological polar surface area (TPSA) is 0 Å². The average molecular weight is 277 g/mol. The van der Waals surface area contributed by atoms with Crippen LogP contribution < -0.4 is 0 Å². The largest absolute Gasteiger partial charge is 0.0843 e. The summed E-state index contributed by atoms with van der Waals surface area (Å²) in [5.74, 6) is 0. The zero-order valence-corrected chi connectivity index (χ0v) is 10.7. The Balaban J connectivity index is 0.000000245. The molecule has 2 rings (SSSR count). The van der Waals surface area contributed by atoms with Crippen molar-refractivity contribution < 1.29 is 17.4 Å². The van der Waals surface area contributed by atoms with Crippen molar-refractivity contribution in [3.8, 4) is 0 Å². The average Bonchev–Trinajstić information content (AvgIpc) is 2.21. The number of benzene rings is 2. The van der Waals surface area contributed by atoms with Crippen molar-refractivity contribution in [2.75, 3.05) is 0 Å². The van der Waals surface area contributed by atoms with Crippen molar-refractivity contribution in [3.05, 3.63) is 70.7 Å². The van der Waals surface area contributed by atoms with Gasteiger partial charge >= 0.3 is 0 Å². The van der Waals surface area contributed by atoms with Gasteiger partial charge in [-0.15, -0.1) is 0 Å². The van der Waals surface area contributed by atoms with Gasteiger partial charge in [-0.1, -0.05) is 59.6 Å². The first kappa shape index (κ1) is 14.6. The normalized spacial score (nSPS) is 8.13. The molecule has 2 aromatic rings. The van der Waals surface area contributed by atoms with E-state index in [1.54, 1.807) is 0 Å². The summed E-state index contributed by atoms with van der Waals surface area (Å²) in [6, 6.07) is 18.9. The molecule has 0 saturated carbocycles. The molecule has 0 bridgehead atoms. The van der Waals surface area contributed by atoms with Crippen molar-refractivity contribution in [1.82, 2.24) is 0 Å². The minimum Gasteiger partial charge on any atom is -0.0843 e. The summed E-state index contributed by atoms with van der Waals surface area (Å²) in [6.45, 7) is 0. The Labute approximate surface area is 111 Å². The molecule has 0 aromatic heterocycles. The molecule has 0 fully saturated rings. The molecule has 2 aromatic carbocycles. The Morgan fingerprint density at radius 1 is 0.533 bits per heavy atom. The Hall–Kier alpha value is -0.448. The Kier molecular flexibility index (Phi) is 8.56. The van der Waals surface area contributed by atoms with Gasteiger partial charge in [0.15, 0.2) is 0 Å². The van der Waals surface area contributed by atoms with Crippen LogP contribution in [0.1, 0.15) is 0 Å². The summed E-state index contributed by atoms with van der Waals surface area (Å²) in [4.78, 5) is 0. The van der Waals surface area contributed by atoms with Crippen molar-refractivity contribution in [2.45, 2.75) is 0 Å². The second kappa shape index (κ2) is 8.83. The van der Waals surface area contributed by atoms with Crippen LogP contribution in [-0.2, 0) is 17.4 Å². The van der Waals surface area contributed by atoms with Crippen LogP contribution >= 0.6 is 23.2 Å². The molecule has 0 saturated heterocycles. The van der Waals surface area contributed by atoms with Gasteiger partial charge < -0.3 is 0 Å². The van der Waals surface area contributed by atoms with E-state index < -0.39 is 0 Å². The third kappa shape index (κ3) is 7.48. The van der Waals surface area contributed by atoms with E-state index in [0.717, 1.165) is 10.0 Å². The molecule has 0 aliphatic rings. The van der Waals surface area contributed by atoms with Gasteiger partial charge in [-0.25, -0.2) is 0 Å². The quantitative estimate of drug-likeness (QED) is 0.656. The van der Waals surface area contributed by atoms with Crippen LogP contribution in [0.5, 0.6) is 0 Å². The third-order valence-corrected chi connectivity index (χ3v) is 1.97. The van der Waals surface area contributed by atoms with E-state index in [2.05, 4.69) is 0 Å². The van der Waals surface area contributed by atoms with Crippen molar-refractivity contribution in [2.24, 2.45) is 0 Å². The van der Waals surface area contributed by atoms with Gasteiger partial charge in [0.2, 0.25) is 0 Å². The molecule has 0 amide bonds. The molecule has 0 N–H and O–H groups in total. The van der Waals surface area contributed by atoms with Gasteiger partial charge in [0.25, 0.3) is 0 Å². The molecule has 0 radical (unpaired) electrons. The van der Waals surface area contributed by atoms with Crippen molar-refractivity contribution >= 4 is 23.2 Å². The van der Waals surface area contributed by atoms with Crippen molar-refractivity contribution in [3.63, 3.8) is 0 Å². The first-order valence-corrected chi connectivity index (χ1v) is 4.96. The molecular weight excluding hydrogens is 267 g/mol. The summed E-state index contributed by atoms with van der Waals surface area (Å²) in [5.41, 5.74) is 0. The standard InChI is InChI=1S/2C6H5Cl.Cr/c2*7-6-4-2-1-3-5-6;/h2*1-5H;. The molecular formula is C12H10Cl2Cr. The number of hydrogen-bond acceptors (Lipinski definition) is 0. The van der Waals surface area contributed by atoms with Gasteiger partial charge in [0.05, 0.1) is 0 Å². The number of rotatable bonds is 0. The molecule has 0 aliphatic carbocycles. The van der Waals surface area contributed by atoms with Crippen LogP contribution in [0.4, 0.5) is 0 Å².